The summed E-state index contributed by atoms with van der Waals surface area (Å²) in [6.07, 6.45) is -0.215. The number of alkyl carbamates (subject to hydrolysis) is 1. The Bertz CT molecular complexity index is 1100. The Kier molecular flexibility index (Phi) is 21.1. The Morgan fingerprint density at radius 1 is 0.542 bits per heavy atom. The Morgan fingerprint density at radius 2 is 0.917 bits per heavy atom. The molecule has 0 bridgehead atoms. The lowest BCUT2D eigenvalue weighted by Gasteiger charge is -2.14. The van der Waals surface area contributed by atoms with Crippen LogP contribution in [0.1, 0.15) is 23.5 Å². The average molecular weight is 678 g/mol. The average Bonchev–Trinajstić information content (AvgIpc) is 3.43. The van der Waals surface area contributed by atoms with Crippen molar-refractivity contribution < 1.29 is 57.0 Å². The molecule has 0 aliphatic heterocycles. The number of nitrogens with one attached hydrogen (secondary N) is 1. The summed E-state index contributed by atoms with van der Waals surface area (Å²) in [5.74, 6) is -0.254. The van der Waals surface area contributed by atoms with Gasteiger partial charge in [-0.15, -0.1) is 0 Å². The third kappa shape index (κ3) is 16.3. The molecule has 0 atom stereocenters. The van der Waals surface area contributed by atoms with Crippen LogP contribution in [-0.2, 0) is 52.2 Å². The number of hydrogen-bond donors (Lipinski definition) is 1. The van der Waals surface area contributed by atoms with Crippen LogP contribution in [0.2, 0.25) is 0 Å². The molecule has 0 spiro atoms. The van der Waals surface area contributed by atoms with Crippen LogP contribution >= 0.6 is 0 Å². The van der Waals surface area contributed by atoms with Gasteiger partial charge in [0.05, 0.1) is 119 Å². The highest BCUT2D eigenvalue weighted by Gasteiger charge is 2.28. The van der Waals surface area contributed by atoms with E-state index in [1.807, 2.05) is 24.3 Å². The fraction of sp³-hybridized carbons (Fsp3) is 0.600. The summed E-state index contributed by atoms with van der Waals surface area (Å²) in [6.45, 7) is 7.78. The van der Waals surface area contributed by atoms with Gasteiger partial charge < -0.3 is 52.7 Å². The van der Waals surface area contributed by atoms with Crippen LogP contribution in [0.5, 0.6) is 0 Å². The zero-order valence-electron chi connectivity index (χ0n) is 28.0. The minimum atomic E-state index is -0.455. The highest BCUT2D eigenvalue weighted by molar-refractivity contribution is 5.79. The van der Waals surface area contributed by atoms with E-state index in [4.69, 9.17) is 42.6 Å². The number of benzene rings is 2. The predicted molar refractivity (Wildman–Crippen MR) is 176 cm³/mol. The van der Waals surface area contributed by atoms with E-state index in [1.54, 1.807) is 0 Å². The van der Waals surface area contributed by atoms with E-state index in [-0.39, 0.29) is 24.9 Å². The molecule has 268 valence electrons. The topological polar surface area (TPSA) is 138 Å². The first kappa shape index (κ1) is 39.3. The molecule has 13 nitrogen and oxygen atoms in total. The third-order valence-electron chi connectivity index (χ3n) is 7.14. The first-order valence-corrected chi connectivity index (χ1v) is 16.5. The molecule has 0 fully saturated rings. The molecule has 2 aromatic rings. The van der Waals surface area contributed by atoms with Crippen LogP contribution < -0.4 is 5.32 Å². The molecule has 0 saturated carbocycles. The second kappa shape index (κ2) is 25.8. The maximum atomic E-state index is 12.2. The number of amides is 1. The van der Waals surface area contributed by atoms with Crippen molar-refractivity contribution in [2.45, 2.75) is 12.3 Å². The molecule has 1 N–H and O–H groups in total. The van der Waals surface area contributed by atoms with Gasteiger partial charge in [0.1, 0.15) is 6.61 Å². The van der Waals surface area contributed by atoms with Crippen molar-refractivity contribution in [1.82, 2.24) is 5.32 Å². The van der Waals surface area contributed by atoms with Crippen LogP contribution in [0, 0.1) is 0 Å². The molecule has 2 aromatic carbocycles. The third-order valence-corrected chi connectivity index (χ3v) is 7.14. The van der Waals surface area contributed by atoms with Gasteiger partial charge in [0.2, 0.25) is 0 Å². The van der Waals surface area contributed by atoms with Gasteiger partial charge in [-0.05, 0) is 22.3 Å². The number of ether oxygens (including phenoxy) is 10. The molecule has 13 heteroatoms. The largest absolute Gasteiger partial charge is 0.469 e. The molecule has 0 unspecified atom stereocenters. The van der Waals surface area contributed by atoms with Gasteiger partial charge >= 0.3 is 12.1 Å². The number of esters is 1. The standard InChI is InChI=1S/C35H51NO12/c1-39-34(37)10-12-40-14-16-42-18-20-44-22-24-46-26-27-47-25-23-45-21-19-43-17-15-41-13-11-36-35(38)48-28-33-31-8-4-2-6-29(31)30-7-3-5-9-32(30)33/h2-9,33H,10-28H2,1H3,(H,36,38). The molecular weight excluding hydrogens is 626 g/mol. The van der Waals surface area contributed by atoms with Crippen LogP contribution in [0.15, 0.2) is 48.5 Å². The second-order valence-corrected chi connectivity index (χ2v) is 10.5. The minimum Gasteiger partial charge on any atom is -0.469 e. The zero-order valence-corrected chi connectivity index (χ0v) is 28.0. The molecular formula is C35H51NO12. The maximum Gasteiger partial charge on any atom is 0.407 e. The molecule has 1 aliphatic carbocycles. The van der Waals surface area contributed by atoms with E-state index in [0.29, 0.717) is 112 Å². The fourth-order valence-electron chi connectivity index (χ4n) is 4.77. The number of rotatable bonds is 29. The van der Waals surface area contributed by atoms with Gasteiger partial charge in [-0.1, -0.05) is 48.5 Å². The monoisotopic (exact) mass is 677 g/mol. The molecule has 1 aliphatic rings. The van der Waals surface area contributed by atoms with Crippen LogP contribution in [-0.4, -0.2) is 138 Å². The molecule has 48 heavy (non-hydrogen) atoms. The normalized spacial score (nSPS) is 12.1. The molecule has 0 saturated heterocycles. The lowest BCUT2D eigenvalue weighted by molar-refractivity contribution is -0.141. The maximum absolute atomic E-state index is 12.2. The molecule has 3 rings (SSSR count). The van der Waals surface area contributed by atoms with Crippen molar-refractivity contribution in [2.24, 2.45) is 0 Å². The lowest BCUT2D eigenvalue weighted by Crippen LogP contribution is -2.29. The second-order valence-electron chi connectivity index (χ2n) is 10.5. The molecule has 1 amide bonds. The highest BCUT2D eigenvalue weighted by Crippen LogP contribution is 2.44. The minimum absolute atomic E-state index is 0.0358. The quantitative estimate of drug-likeness (QED) is 0.1000. The van der Waals surface area contributed by atoms with Crippen molar-refractivity contribution in [3.05, 3.63) is 59.7 Å². The lowest BCUT2D eigenvalue weighted by atomic mass is 9.98. The number of carbonyl (C=O) groups excluding carboxylic acids is 2. The van der Waals surface area contributed by atoms with Crippen molar-refractivity contribution in [3.8, 4) is 11.1 Å². The molecule has 0 heterocycles. The van der Waals surface area contributed by atoms with E-state index in [9.17, 15) is 9.59 Å². The predicted octanol–water partition coefficient (Wildman–Crippen LogP) is 3.22. The van der Waals surface area contributed by atoms with Crippen LogP contribution in [0.3, 0.4) is 0 Å². The van der Waals surface area contributed by atoms with Gasteiger partial charge in [-0.2, -0.15) is 0 Å². The first-order chi connectivity index (χ1) is 23.7. The van der Waals surface area contributed by atoms with Crippen LogP contribution in [0.4, 0.5) is 4.79 Å². The van der Waals surface area contributed by atoms with E-state index >= 15 is 0 Å². The number of carbonyl (C=O) groups is 2. The summed E-state index contributed by atoms with van der Waals surface area (Å²) < 4.78 is 53.5. The molecule has 0 aromatic heterocycles. The van der Waals surface area contributed by atoms with Crippen molar-refractivity contribution in [1.29, 1.82) is 0 Å². The van der Waals surface area contributed by atoms with Gasteiger partial charge in [0.25, 0.3) is 0 Å². The van der Waals surface area contributed by atoms with Gasteiger partial charge in [0, 0.05) is 12.5 Å². The summed E-state index contributed by atoms with van der Waals surface area (Å²) in [6, 6.07) is 16.5. The summed E-state index contributed by atoms with van der Waals surface area (Å²) in [7, 11) is 1.35. The number of fused-ring (bicyclic) bond motifs is 3. The fourth-order valence-corrected chi connectivity index (χ4v) is 4.77. The van der Waals surface area contributed by atoms with Gasteiger partial charge in [-0.25, -0.2) is 4.79 Å². The van der Waals surface area contributed by atoms with E-state index in [1.165, 1.54) is 29.4 Å². The Morgan fingerprint density at radius 3 is 1.33 bits per heavy atom. The number of hydrogen-bond acceptors (Lipinski definition) is 12. The molecule has 0 radical (unpaired) electrons. The first-order valence-electron chi connectivity index (χ1n) is 16.5. The summed E-state index contributed by atoms with van der Waals surface area (Å²) in [5.41, 5.74) is 4.76. The van der Waals surface area contributed by atoms with E-state index in [2.05, 4.69) is 34.3 Å². The highest BCUT2D eigenvalue weighted by atomic mass is 16.6. The Labute approximate surface area is 283 Å². The van der Waals surface area contributed by atoms with E-state index in [0.717, 1.165) is 0 Å². The van der Waals surface area contributed by atoms with E-state index < -0.39 is 6.09 Å². The number of methoxy groups -OCH3 is 1. The van der Waals surface area contributed by atoms with Crippen molar-refractivity contribution in [3.63, 3.8) is 0 Å². The van der Waals surface area contributed by atoms with Gasteiger partial charge in [-0.3, -0.25) is 4.79 Å². The zero-order chi connectivity index (χ0) is 33.9. The Hall–Kier alpha value is -3.14. The van der Waals surface area contributed by atoms with Crippen molar-refractivity contribution in [2.75, 3.05) is 126 Å². The summed E-state index contributed by atoms with van der Waals surface area (Å²) >= 11 is 0. The Balaban J connectivity index is 0.992. The van der Waals surface area contributed by atoms with Crippen LogP contribution in [0.25, 0.3) is 11.1 Å². The smallest absolute Gasteiger partial charge is 0.407 e. The summed E-state index contributed by atoms with van der Waals surface area (Å²) in [4.78, 5) is 23.1. The van der Waals surface area contributed by atoms with Crippen molar-refractivity contribution >= 4 is 12.1 Å². The SMILES string of the molecule is COC(=O)CCOCCOCCOCCOCCOCCOCCOCCOCCNC(=O)OCC1c2ccccc2-c2ccccc21. The summed E-state index contributed by atoms with van der Waals surface area (Å²) in [5, 5.41) is 2.74. The van der Waals surface area contributed by atoms with Gasteiger partial charge in [0.15, 0.2) is 0 Å².